The standard InChI is InChI=1S/C10H17N3O2/c1-7(6-14)13(4)10(15)9-5-12(3)11-8(9)2/h5,7,14H,6H2,1-4H3. The molecule has 5 nitrogen and oxygen atoms in total. The van der Waals surface area contributed by atoms with Crippen molar-refractivity contribution in [1.82, 2.24) is 14.7 Å². The highest BCUT2D eigenvalue weighted by Crippen LogP contribution is 2.09. The van der Waals surface area contributed by atoms with E-state index in [-0.39, 0.29) is 18.6 Å². The molecule has 0 aliphatic rings. The lowest BCUT2D eigenvalue weighted by Gasteiger charge is -2.22. The molecule has 84 valence electrons. The molecule has 1 amide bonds. The predicted molar refractivity (Wildman–Crippen MR) is 56.6 cm³/mol. The van der Waals surface area contributed by atoms with E-state index in [9.17, 15) is 4.79 Å². The van der Waals surface area contributed by atoms with Crippen LogP contribution in [0.25, 0.3) is 0 Å². The third-order valence-electron chi connectivity index (χ3n) is 2.49. The molecule has 15 heavy (non-hydrogen) atoms. The number of carbonyl (C=O) groups excluding carboxylic acids is 1. The van der Waals surface area contributed by atoms with Crippen LogP contribution < -0.4 is 0 Å². The van der Waals surface area contributed by atoms with Gasteiger partial charge in [0.1, 0.15) is 0 Å². The molecule has 0 saturated heterocycles. The maximum Gasteiger partial charge on any atom is 0.257 e. The van der Waals surface area contributed by atoms with E-state index in [4.69, 9.17) is 5.11 Å². The van der Waals surface area contributed by atoms with Crippen molar-refractivity contribution in [3.8, 4) is 0 Å². The van der Waals surface area contributed by atoms with Gasteiger partial charge in [-0.3, -0.25) is 9.48 Å². The molecule has 1 aromatic heterocycles. The van der Waals surface area contributed by atoms with Crippen molar-refractivity contribution in [1.29, 1.82) is 0 Å². The van der Waals surface area contributed by atoms with Gasteiger partial charge in [0, 0.05) is 20.3 Å². The van der Waals surface area contributed by atoms with Crippen LogP contribution >= 0.6 is 0 Å². The fourth-order valence-electron chi connectivity index (χ4n) is 1.32. The maximum atomic E-state index is 11.9. The SMILES string of the molecule is Cc1nn(C)cc1C(=O)N(C)C(C)CO. The molecule has 1 unspecified atom stereocenters. The molecule has 0 aliphatic heterocycles. The third kappa shape index (κ3) is 2.36. The maximum absolute atomic E-state index is 11.9. The molecule has 0 saturated carbocycles. The van der Waals surface area contributed by atoms with E-state index < -0.39 is 0 Å². The van der Waals surface area contributed by atoms with Crippen molar-refractivity contribution in [3.63, 3.8) is 0 Å². The summed E-state index contributed by atoms with van der Waals surface area (Å²) in [5.74, 6) is -0.109. The van der Waals surface area contributed by atoms with Gasteiger partial charge in [-0.2, -0.15) is 5.10 Å². The van der Waals surface area contributed by atoms with Crippen LogP contribution in [0, 0.1) is 6.92 Å². The largest absolute Gasteiger partial charge is 0.394 e. The Morgan fingerprint density at radius 2 is 2.33 bits per heavy atom. The van der Waals surface area contributed by atoms with E-state index in [1.54, 1.807) is 38.8 Å². The van der Waals surface area contributed by atoms with E-state index in [2.05, 4.69) is 5.10 Å². The minimum atomic E-state index is -0.183. The van der Waals surface area contributed by atoms with Crippen molar-refractivity contribution in [2.75, 3.05) is 13.7 Å². The number of nitrogens with zero attached hydrogens (tertiary/aromatic N) is 3. The summed E-state index contributed by atoms with van der Waals surface area (Å²) >= 11 is 0. The quantitative estimate of drug-likeness (QED) is 0.776. The Hall–Kier alpha value is -1.36. The van der Waals surface area contributed by atoms with Crippen molar-refractivity contribution in [3.05, 3.63) is 17.5 Å². The zero-order chi connectivity index (χ0) is 11.6. The number of aliphatic hydroxyl groups excluding tert-OH is 1. The van der Waals surface area contributed by atoms with E-state index >= 15 is 0 Å². The van der Waals surface area contributed by atoms with Gasteiger partial charge >= 0.3 is 0 Å². The van der Waals surface area contributed by atoms with Crippen LogP contribution in [0.3, 0.4) is 0 Å². The number of aliphatic hydroxyl groups is 1. The average Bonchev–Trinajstić information content (AvgIpc) is 2.54. The van der Waals surface area contributed by atoms with Crippen LogP contribution in [-0.2, 0) is 7.05 Å². The lowest BCUT2D eigenvalue weighted by molar-refractivity contribution is 0.0681. The van der Waals surface area contributed by atoms with Gasteiger partial charge in [-0.1, -0.05) is 0 Å². The summed E-state index contributed by atoms with van der Waals surface area (Å²) in [5, 5.41) is 13.1. The molecule has 0 aromatic carbocycles. The van der Waals surface area contributed by atoms with Crippen LogP contribution in [0.4, 0.5) is 0 Å². The highest BCUT2D eigenvalue weighted by Gasteiger charge is 2.20. The molecule has 1 N–H and O–H groups in total. The summed E-state index contributed by atoms with van der Waals surface area (Å²) in [6.45, 7) is 3.55. The van der Waals surface area contributed by atoms with Crippen LogP contribution in [0.5, 0.6) is 0 Å². The Bertz CT molecular complexity index is 360. The molecule has 0 radical (unpaired) electrons. The Balaban J connectivity index is 2.89. The Kier molecular flexibility index (Phi) is 3.47. The van der Waals surface area contributed by atoms with Crippen LogP contribution in [0.2, 0.25) is 0 Å². The topological polar surface area (TPSA) is 58.4 Å². The summed E-state index contributed by atoms with van der Waals surface area (Å²) in [6.07, 6.45) is 1.69. The highest BCUT2D eigenvalue weighted by atomic mass is 16.3. The lowest BCUT2D eigenvalue weighted by Crippen LogP contribution is -2.37. The fourth-order valence-corrected chi connectivity index (χ4v) is 1.32. The molecule has 1 heterocycles. The molecule has 1 aromatic rings. The third-order valence-corrected chi connectivity index (χ3v) is 2.49. The van der Waals surface area contributed by atoms with Crippen molar-refractivity contribution in [2.45, 2.75) is 19.9 Å². The number of hydrogen-bond acceptors (Lipinski definition) is 3. The van der Waals surface area contributed by atoms with E-state index in [1.807, 2.05) is 0 Å². The lowest BCUT2D eigenvalue weighted by atomic mass is 10.2. The molecule has 1 atom stereocenters. The monoisotopic (exact) mass is 211 g/mol. The molecular formula is C10H17N3O2. The predicted octanol–water partition coefficient (Wildman–Crippen LogP) is 0.181. The zero-order valence-corrected chi connectivity index (χ0v) is 9.56. The van der Waals surface area contributed by atoms with Gasteiger partial charge in [-0.05, 0) is 13.8 Å². The summed E-state index contributed by atoms with van der Waals surface area (Å²) < 4.78 is 1.61. The summed E-state index contributed by atoms with van der Waals surface area (Å²) in [6, 6.07) is -0.183. The van der Waals surface area contributed by atoms with Gasteiger partial charge in [0.05, 0.1) is 23.9 Å². The number of rotatable bonds is 3. The first-order valence-corrected chi connectivity index (χ1v) is 4.85. The molecule has 0 spiro atoms. The minimum absolute atomic E-state index is 0.0401. The zero-order valence-electron chi connectivity index (χ0n) is 9.56. The van der Waals surface area contributed by atoms with E-state index in [1.165, 1.54) is 4.90 Å². The second-order valence-corrected chi connectivity index (χ2v) is 3.75. The van der Waals surface area contributed by atoms with Gasteiger partial charge in [-0.15, -0.1) is 0 Å². The summed E-state index contributed by atoms with van der Waals surface area (Å²) in [7, 11) is 3.45. The van der Waals surface area contributed by atoms with Crippen molar-refractivity contribution < 1.29 is 9.90 Å². The molecular weight excluding hydrogens is 194 g/mol. The normalized spacial score (nSPS) is 12.6. The Labute approximate surface area is 89.3 Å². The van der Waals surface area contributed by atoms with Gasteiger partial charge in [0.15, 0.2) is 0 Å². The summed E-state index contributed by atoms with van der Waals surface area (Å²) in [5.41, 5.74) is 1.29. The smallest absolute Gasteiger partial charge is 0.257 e. The Morgan fingerprint density at radius 1 is 1.73 bits per heavy atom. The van der Waals surface area contributed by atoms with Crippen LogP contribution in [0.1, 0.15) is 23.0 Å². The molecule has 0 bridgehead atoms. The van der Waals surface area contributed by atoms with Crippen molar-refractivity contribution >= 4 is 5.91 Å². The number of hydrogen-bond donors (Lipinski definition) is 1. The van der Waals surface area contributed by atoms with Gasteiger partial charge in [-0.25, -0.2) is 0 Å². The fraction of sp³-hybridized carbons (Fsp3) is 0.600. The van der Waals surface area contributed by atoms with Gasteiger partial charge in [0.2, 0.25) is 0 Å². The molecule has 0 aliphatic carbocycles. The first-order valence-electron chi connectivity index (χ1n) is 4.85. The highest BCUT2D eigenvalue weighted by molar-refractivity contribution is 5.95. The van der Waals surface area contributed by atoms with Crippen LogP contribution in [-0.4, -0.2) is 45.4 Å². The minimum Gasteiger partial charge on any atom is -0.394 e. The summed E-state index contributed by atoms with van der Waals surface area (Å²) in [4.78, 5) is 13.5. The van der Waals surface area contributed by atoms with Crippen molar-refractivity contribution in [2.24, 2.45) is 7.05 Å². The second-order valence-electron chi connectivity index (χ2n) is 3.75. The first-order chi connectivity index (χ1) is 6.97. The number of aromatic nitrogens is 2. The first kappa shape index (κ1) is 11.7. The van der Waals surface area contributed by atoms with Crippen LogP contribution in [0.15, 0.2) is 6.20 Å². The second kappa shape index (κ2) is 4.44. The molecule has 5 heteroatoms. The number of likely N-dealkylation sites (N-methyl/N-ethyl adjacent to an activating group) is 1. The molecule has 1 rings (SSSR count). The van der Waals surface area contributed by atoms with Gasteiger partial charge in [0.25, 0.3) is 5.91 Å². The van der Waals surface area contributed by atoms with Gasteiger partial charge < -0.3 is 10.0 Å². The Morgan fingerprint density at radius 3 is 2.73 bits per heavy atom. The van der Waals surface area contributed by atoms with E-state index in [0.29, 0.717) is 11.3 Å². The number of carbonyl (C=O) groups is 1. The number of aryl methyl sites for hydroxylation is 2. The molecule has 0 fully saturated rings. The number of amides is 1. The van der Waals surface area contributed by atoms with E-state index in [0.717, 1.165) is 0 Å². The average molecular weight is 211 g/mol.